The first-order chi connectivity index (χ1) is 13.9. The van der Waals surface area contributed by atoms with Crippen molar-refractivity contribution in [3.63, 3.8) is 0 Å². The first-order valence-corrected chi connectivity index (χ1v) is 10.2. The highest BCUT2D eigenvalue weighted by Gasteiger charge is 2.65. The van der Waals surface area contributed by atoms with Crippen molar-refractivity contribution < 1.29 is 23.7 Å². The van der Waals surface area contributed by atoms with E-state index in [0.717, 1.165) is 17.7 Å². The number of rotatable bonds is 4. The first-order valence-electron chi connectivity index (χ1n) is 10.2. The number of hydrogen-bond acceptors (Lipinski definition) is 5. The molecule has 1 amide bonds. The van der Waals surface area contributed by atoms with Crippen molar-refractivity contribution in [1.29, 1.82) is 0 Å². The zero-order chi connectivity index (χ0) is 20.8. The molecule has 0 bridgehead atoms. The third-order valence-corrected chi connectivity index (χ3v) is 7.26. The second-order valence-corrected chi connectivity index (χ2v) is 8.41. The summed E-state index contributed by atoms with van der Waals surface area (Å²) in [4.78, 5) is 25.7. The number of para-hydroxylation sites is 1. The molecule has 4 rings (SSSR count). The Balaban J connectivity index is 1.79. The number of fused-ring (bicyclic) bond motifs is 4. The van der Waals surface area contributed by atoms with Crippen LogP contribution >= 0.6 is 0 Å². The number of esters is 1. The molecular weight excluding hydrogens is 372 g/mol. The lowest BCUT2D eigenvalue weighted by molar-refractivity contribution is -0.904. The van der Waals surface area contributed by atoms with Gasteiger partial charge in [-0.1, -0.05) is 25.1 Å². The molecule has 1 N–H and O–H groups in total. The molecule has 1 aromatic carbocycles. The summed E-state index contributed by atoms with van der Waals surface area (Å²) in [5.41, 5.74) is 1.31. The number of benzene rings is 1. The van der Waals surface area contributed by atoms with Crippen LogP contribution in [0, 0.1) is 17.0 Å². The molecule has 7 nitrogen and oxygen atoms in total. The molecule has 3 aliphatic rings. The van der Waals surface area contributed by atoms with E-state index >= 15 is 0 Å². The van der Waals surface area contributed by atoms with Gasteiger partial charge in [0.25, 0.3) is 0 Å². The number of hydroxylamine groups is 3. The number of quaternary nitrogens is 1. The monoisotopic (exact) mass is 400 g/mol. The van der Waals surface area contributed by atoms with Crippen LogP contribution in [0.1, 0.15) is 31.7 Å². The van der Waals surface area contributed by atoms with E-state index in [2.05, 4.69) is 5.32 Å². The molecule has 2 fully saturated rings. The van der Waals surface area contributed by atoms with Crippen LogP contribution in [0.25, 0.3) is 0 Å². The van der Waals surface area contributed by atoms with Gasteiger partial charge in [-0.05, 0) is 18.1 Å². The van der Waals surface area contributed by atoms with Crippen LogP contribution in [-0.4, -0.2) is 49.9 Å². The molecule has 5 atom stereocenters. The maximum absolute atomic E-state index is 13.9. The van der Waals surface area contributed by atoms with Gasteiger partial charge >= 0.3 is 5.97 Å². The van der Waals surface area contributed by atoms with Crippen molar-refractivity contribution in [2.75, 3.05) is 32.6 Å². The molecule has 156 valence electrons. The zero-order valence-electron chi connectivity index (χ0n) is 17.1. The molecule has 29 heavy (non-hydrogen) atoms. The summed E-state index contributed by atoms with van der Waals surface area (Å²) in [6.45, 7) is 2.84. The van der Waals surface area contributed by atoms with Crippen molar-refractivity contribution in [3.8, 4) is 0 Å². The minimum absolute atomic E-state index is 0.0270. The van der Waals surface area contributed by atoms with Gasteiger partial charge < -0.3 is 24.6 Å². The molecule has 0 aromatic heterocycles. The lowest BCUT2D eigenvalue weighted by Crippen LogP contribution is -2.61. The average molecular weight is 400 g/mol. The van der Waals surface area contributed by atoms with E-state index in [1.165, 1.54) is 20.5 Å². The van der Waals surface area contributed by atoms with E-state index in [4.69, 9.17) is 9.47 Å². The maximum Gasteiger partial charge on any atom is 0.337 e. The van der Waals surface area contributed by atoms with Gasteiger partial charge in [-0.2, -0.15) is 0 Å². The molecule has 1 unspecified atom stereocenters. The van der Waals surface area contributed by atoms with E-state index in [0.29, 0.717) is 31.5 Å². The lowest BCUT2D eigenvalue weighted by atomic mass is 9.67. The summed E-state index contributed by atoms with van der Waals surface area (Å²) in [6, 6.07) is 7.21. The molecule has 0 aliphatic carbocycles. The number of methoxy groups -OCH3 is 2. The number of amides is 1. The van der Waals surface area contributed by atoms with Gasteiger partial charge in [0.15, 0.2) is 0 Å². The highest BCUT2D eigenvalue weighted by Crippen LogP contribution is 2.56. The van der Waals surface area contributed by atoms with Crippen molar-refractivity contribution >= 4 is 17.6 Å². The predicted octanol–water partition coefficient (Wildman–Crippen LogP) is 2.71. The van der Waals surface area contributed by atoms with Crippen LogP contribution in [0.5, 0.6) is 0 Å². The normalized spacial score (nSPS) is 35.8. The summed E-state index contributed by atoms with van der Waals surface area (Å²) in [6.07, 6.45) is 3.19. The Labute approximate surface area is 170 Å². The second-order valence-electron chi connectivity index (χ2n) is 8.41. The number of hydrogen-bond donors (Lipinski definition) is 1. The van der Waals surface area contributed by atoms with Crippen molar-refractivity contribution in [3.05, 3.63) is 46.9 Å². The van der Waals surface area contributed by atoms with Crippen LogP contribution < -0.4 is 5.32 Å². The van der Waals surface area contributed by atoms with Gasteiger partial charge in [-0.25, -0.2) is 4.79 Å². The summed E-state index contributed by atoms with van der Waals surface area (Å²) in [5, 5.41) is 16.9. The molecule has 3 aliphatic heterocycles. The Morgan fingerprint density at radius 1 is 1.38 bits per heavy atom. The van der Waals surface area contributed by atoms with E-state index < -0.39 is 17.4 Å². The van der Waals surface area contributed by atoms with Gasteiger partial charge in [-0.3, -0.25) is 4.79 Å². The van der Waals surface area contributed by atoms with Gasteiger partial charge in [0.2, 0.25) is 5.91 Å². The van der Waals surface area contributed by atoms with E-state index in [-0.39, 0.29) is 22.4 Å². The minimum atomic E-state index is -0.844. The number of carbonyl (C=O) groups excluding carboxylic acids is 2. The fraction of sp³-hybridized carbons (Fsp3) is 0.545. The highest BCUT2D eigenvalue weighted by atomic mass is 16.6. The van der Waals surface area contributed by atoms with Gasteiger partial charge in [0.1, 0.15) is 11.5 Å². The SMILES string of the molecule is CC[C@H]1C[N+]2([O-])CC[C@]3(C(=O)Nc4ccccc43)[C@@H]2C[C@@H]1/C(=C\OC)C(=O)OC. The number of ether oxygens (including phenoxy) is 2. The van der Waals surface area contributed by atoms with Crippen LogP contribution in [-0.2, 0) is 24.5 Å². The molecule has 0 saturated carbocycles. The van der Waals surface area contributed by atoms with Crippen LogP contribution in [0.15, 0.2) is 36.1 Å². The Bertz CT molecular complexity index is 869. The number of carbonyl (C=O) groups is 2. The molecular formula is C22H28N2O5. The molecule has 1 aromatic rings. The van der Waals surface area contributed by atoms with Crippen molar-refractivity contribution in [2.45, 2.75) is 37.6 Å². The zero-order valence-corrected chi connectivity index (χ0v) is 17.1. The van der Waals surface area contributed by atoms with Crippen LogP contribution in [0.4, 0.5) is 5.69 Å². The fourth-order valence-corrected chi connectivity index (χ4v) is 5.90. The molecule has 1 spiro atoms. The Morgan fingerprint density at radius 3 is 2.83 bits per heavy atom. The summed E-state index contributed by atoms with van der Waals surface area (Å²) in [7, 11) is 2.85. The predicted molar refractivity (Wildman–Crippen MR) is 108 cm³/mol. The third kappa shape index (κ3) is 2.79. The van der Waals surface area contributed by atoms with Crippen molar-refractivity contribution in [2.24, 2.45) is 11.8 Å². The average Bonchev–Trinajstić information content (AvgIpc) is 3.19. The van der Waals surface area contributed by atoms with Gasteiger partial charge in [-0.15, -0.1) is 0 Å². The van der Waals surface area contributed by atoms with Crippen LogP contribution in [0.2, 0.25) is 0 Å². The Morgan fingerprint density at radius 2 is 2.14 bits per heavy atom. The highest BCUT2D eigenvalue weighted by molar-refractivity contribution is 6.07. The largest absolute Gasteiger partial charge is 0.633 e. The fourth-order valence-electron chi connectivity index (χ4n) is 5.90. The number of piperidine rings is 1. The second kappa shape index (κ2) is 7.15. The molecule has 2 saturated heterocycles. The Hall–Kier alpha value is -2.38. The third-order valence-electron chi connectivity index (χ3n) is 7.26. The molecule has 0 radical (unpaired) electrons. The van der Waals surface area contributed by atoms with E-state index in [9.17, 15) is 14.8 Å². The van der Waals surface area contributed by atoms with E-state index in [1.807, 2.05) is 31.2 Å². The number of nitrogens with one attached hydrogen (secondary N) is 1. The molecule has 3 heterocycles. The smallest absolute Gasteiger partial charge is 0.337 e. The first kappa shape index (κ1) is 19.9. The van der Waals surface area contributed by atoms with Gasteiger partial charge in [0.05, 0.1) is 39.1 Å². The van der Waals surface area contributed by atoms with Gasteiger partial charge in [0, 0.05) is 30.4 Å². The van der Waals surface area contributed by atoms with Crippen molar-refractivity contribution in [1.82, 2.24) is 0 Å². The number of nitrogens with zero attached hydrogens (tertiary/aromatic N) is 1. The summed E-state index contributed by atoms with van der Waals surface area (Å²) >= 11 is 0. The molecule has 7 heteroatoms. The lowest BCUT2D eigenvalue weighted by Gasteiger charge is -2.54. The minimum Gasteiger partial charge on any atom is -0.633 e. The van der Waals surface area contributed by atoms with E-state index in [1.54, 1.807) is 0 Å². The summed E-state index contributed by atoms with van der Waals surface area (Å²) in [5.74, 6) is -0.694. The topological polar surface area (TPSA) is 87.7 Å². The van der Waals surface area contributed by atoms with Crippen LogP contribution in [0.3, 0.4) is 0 Å². The Kier molecular flexibility index (Phi) is 4.91. The quantitative estimate of drug-likeness (QED) is 0.276. The number of anilines is 1. The maximum atomic E-state index is 13.9. The summed E-state index contributed by atoms with van der Waals surface area (Å²) < 4.78 is 9.79. The standard InChI is InChI=1S/C22H28N2O5/c1-4-14-12-24(27)10-9-22(17-7-5-6-8-18(17)23-21(22)26)19(24)11-15(14)16(13-28-2)20(25)29-3/h5-8,13-15,19H,4,9-12H2,1-3H3,(H,23,26)/b16-13+/t14-,15-,19-,22+,24?/m0/s1.